The third kappa shape index (κ3) is 7.15. The number of aryl methyl sites for hydroxylation is 1. The molecule has 0 unspecified atom stereocenters. The molecule has 0 saturated carbocycles. The molecule has 0 bridgehead atoms. The smallest absolute Gasteiger partial charge is 0.326 e. The fourth-order valence-corrected chi connectivity index (χ4v) is 3.78. The van der Waals surface area contributed by atoms with E-state index >= 15 is 0 Å². The van der Waals surface area contributed by atoms with E-state index in [1.54, 1.807) is 43.3 Å². The molecule has 2 atom stereocenters. The number of amides is 2. The summed E-state index contributed by atoms with van der Waals surface area (Å²) in [6.07, 6.45) is -0.474. The van der Waals surface area contributed by atoms with Gasteiger partial charge in [0.15, 0.2) is 0 Å². The standard InChI is InChI=1S/C26H29N5O7/c1-14(25(35)36)27-22(32)11-10-21(26(37)38)30-23(33)17-5-7-18(8-6-17)31(3)13-16-4-9-20-19(12-16)24(34)29-15(2)28-20/h4-9,12,14,21H,10-11,13H2,1-3H3,(H,27,32)(H,30,33)(H,35,36)(H,37,38)(H,28,29,34)/t14-,21-/m0/s1. The third-order valence-corrected chi connectivity index (χ3v) is 5.89. The molecule has 0 radical (unpaired) electrons. The van der Waals surface area contributed by atoms with Crippen molar-refractivity contribution in [3.05, 3.63) is 69.8 Å². The minimum atomic E-state index is -1.33. The number of H-pyrrole nitrogens is 1. The Morgan fingerprint density at radius 3 is 2.34 bits per heavy atom. The number of carbonyl (C=O) groups excluding carboxylic acids is 2. The van der Waals surface area contributed by atoms with Crippen LogP contribution in [0.2, 0.25) is 0 Å². The van der Waals surface area contributed by atoms with Crippen molar-refractivity contribution in [2.45, 2.75) is 45.3 Å². The van der Waals surface area contributed by atoms with Crippen LogP contribution in [-0.2, 0) is 20.9 Å². The van der Waals surface area contributed by atoms with Gasteiger partial charge in [-0.1, -0.05) is 6.07 Å². The number of carboxylic acid groups (broad SMARTS) is 2. The zero-order chi connectivity index (χ0) is 28.0. The highest BCUT2D eigenvalue weighted by Gasteiger charge is 2.23. The fraction of sp³-hybridized carbons (Fsp3) is 0.308. The molecular weight excluding hydrogens is 494 g/mol. The summed E-state index contributed by atoms with van der Waals surface area (Å²) in [7, 11) is 1.85. The molecule has 3 aromatic rings. The van der Waals surface area contributed by atoms with Crippen molar-refractivity contribution in [3.8, 4) is 0 Å². The number of fused-ring (bicyclic) bond motifs is 1. The van der Waals surface area contributed by atoms with Gasteiger partial charge in [0.2, 0.25) is 5.91 Å². The summed E-state index contributed by atoms with van der Waals surface area (Å²) in [6.45, 7) is 3.50. The molecule has 38 heavy (non-hydrogen) atoms. The number of aliphatic carboxylic acids is 2. The Balaban J connectivity index is 1.61. The Bertz CT molecular complexity index is 1420. The first-order valence-electron chi connectivity index (χ1n) is 11.8. The minimum Gasteiger partial charge on any atom is -0.480 e. The second-order valence-electron chi connectivity index (χ2n) is 8.94. The van der Waals surface area contributed by atoms with Gasteiger partial charge in [-0.15, -0.1) is 0 Å². The van der Waals surface area contributed by atoms with Gasteiger partial charge >= 0.3 is 11.9 Å². The van der Waals surface area contributed by atoms with Crippen LogP contribution in [0.25, 0.3) is 10.9 Å². The van der Waals surface area contributed by atoms with E-state index in [0.717, 1.165) is 11.3 Å². The lowest BCUT2D eigenvalue weighted by Gasteiger charge is -2.20. The number of aromatic amines is 1. The second kappa shape index (κ2) is 12.0. The molecule has 12 heteroatoms. The molecule has 3 rings (SSSR count). The van der Waals surface area contributed by atoms with Crippen LogP contribution in [-0.4, -0.2) is 63.1 Å². The Kier molecular flexibility index (Phi) is 8.79. The summed E-state index contributed by atoms with van der Waals surface area (Å²) in [4.78, 5) is 68.1. The van der Waals surface area contributed by atoms with Crippen LogP contribution in [0.5, 0.6) is 0 Å². The van der Waals surface area contributed by atoms with Gasteiger partial charge in [-0.25, -0.2) is 9.78 Å². The number of hydrogen-bond donors (Lipinski definition) is 5. The lowest BCUT2D eigenvalue weighted by Crippen LogP contribution is -2.43. The monoisotopic (exact) mass is 523 g/mol. The van der Waals surface area contributed by atoms with Gasteiger partial charge in [-0.2, -0.15) is 0 Å². The molecule has 1 heterocycles. The molecule has 200 valence electrons. The summed E-state index contributed by atoms with van der Waals surface area (Å²) in [6, 6.07) is 9.57. The van der Waals surface area contributed by atoms with E-state index in [4.69, 9.17) is 5.11 Å². The van der Waals surface area contributed by atoms with Gasteiger partial charge in [-0.05, 0) is 62.2 Å². The summed E-state index contributed by atoms with van der Waals surface area (Å²) >= 11 is 0. The Morgan fingerprint density at radius 1 is 1.03 bits per heavy atom. The van der Waals surface area contributed by atoms with Gasteiger partial charge in [-0.3, -0.25) is 19.2 Å². The van der Waals surface area contributed by atoms with Crippen molar-refractivity contribution < 1.29 is 29.4 Å². The lowest BCUT2D eigenvalue weighted by molar-refractivity contribution is -0.142. The van der Waals surface area contributed by atoms with Crippen LogP contribution < -0.4 is 21.1 Å². The topological polar surface area (TPSA) is 182 Å². The number of rotatable bonds is 11. The Morgan fingerprint density at radius 2 is 1.71 bits per heavy atom. The van der Waals surface area contributed by atoms with Crippen LogP contribution in [0.3, 0.4) is 0 Å². The minimum absolute atomic E-state index is 0.205. The van der Waals surface area contributed by atoms with Gasteiger partial charge in [0.05, 0.1) is 10.9 Å². The number of anilines is 1. The number of nitrogens with one attached hydrogen (secondary N) is 3. The molecule has 1 aromatic heterocycles. The number of aromatic nitrogens is 2. The SMILES string of the molecule is Cc1nc2ccc(CN(C)c3ccc(C(=O)N[C@@H](CCC(=O)N[C@@H](C)C(=O)O)C(=O)O)cc3)cc2c(=O)[nH]1. The van der Waals surface area contributed by atoms with Gasteiger partial charge < -0.3 is 30.7 Å². The maximum absolute atomic E-state index is 12.6. The fourth-order valence-electron chi connectivity index (χ4n) is 3.78. The van der Waals surface area contributed by atoms with Crippen LogP contribution in [0, 0.1) is 6.92 Å². The van der Waals surface area contributed by atoms with Crippen molar-refractivity contribution in [2.24, 2.45) is 0 Å². The van der Waals surface area contributed by atoms with E-state index in [-0.39, 0.29) is 24.0 Å². The molecule has 5 N–H and O–H groups in total. The first kappa shape index (κ1) is 27.8. The predicted octanol–water partition coefficient (Wildman–Crippen LogP) is 1.42. The first-order valence-corrected chi connectivity index (χ1v) is 11.8. The zero-order valence-electron chi connectivity index (χ0n) is 21.1. The lowest BCUT2D eigenvalue weighted by atomic mass is 10.1. The van der Waals surface area contributed by atoms with Crippen LogP contribution in [0.15, 0.2) is 47.3 Å². The van der Waals surface area contributed by atoms with Crippen LogP contribution in [0.1, 0.15) is 41.5 Å². The molecule has 0 aliphatic heterocycles. The van der Waals surface area contributed by atoms with E-state index in [9.17, 15) is 29.1 Å². The van der Waals surface area contributed by atoms with Gasteiger partial charge in [0, 0.05) is 31.3 Å². The molecule has 0 aliphatic rings. The molecule has 0 spiro atoms. The van der Waals surface area contributed by atoms with Crippen molar-refractivity contribution in [1.82, 2.24) is 20.6 Å². The predicted molar refractivity (Wildman–Crippen MR) is 139 cm³/mol. The average Bonchev–Trinajstić information content (AvgIpc) is 2.86. The summed E-state index contributed by atoms with van der Waals surface area (Å²) in [5.41, 5.74) is 2.32. The second-order valence-corrected chi connectivity index (χ2v) is 8.94. The van der Waals surface area contributed by atoms with E-state index in [1.807, 2.05) is 18.0 Å². The molecule has 0 fully saturated rings. The normalized spacial score (nSPS) is 12.4. The maximum Gasteiger partial charge on any atom is 0.326 e. The van der Waals surface area contributed by atoms with E-state index < -0.39 is 35.8 Å². The van der Waals surface area contributed by atoms with Crippen molar-refractivity contribution in [1.29, 1.82) is 0 Å². The van der Waals surface area contributed by atoms with Crippen molar-refractivity contribution in [3.63, 3.8) is 0 Å². The number of benzene rings is 2. The molecule has 2 amide bonds. The van der Waals surface area contributed by atoms with E-state index in [2.05, 4.69) is 20.6 Å². The number of carbonyl (C=O) groups is 4. The number of nitrogens with zero attached hydrogens (tertiary/aromatic N) is 2. The Hall–Kier alpha value is -4.74. The highest BCUT2D eigenvalue weighted by molar-refractivity contribution is 5.97. The molecule has 12 nitrogen and oxygen atoms in total. The average molecular weight is 524 g/mol. The van der Waals surface area contributed by atoms with Crippen molar-refractivity contribution >= 4 is 40.3 Å². The highest BCUT2D eigenvalue weighted by atomic mass is 16.4. The van der Waals surface area contributed by atoms with Gasteiger partial charge in [0.25, 0.3) is 11.5 Å². The van der Waals surface area contributed by atoms with Gasteiger partial charge in [0.1, 0.15) is 17.9 Å². The highest BCUT2D eigenvalue weighted by Crippen LogP contribution is 2.18. The summed E-state index contributed by atoms with van der Waals surface area (Å²) < 4.78 is 0. The molecule has 0 aliphatic carbocycles. The number of carboxylic acids is 2. The van der Waals surface area contributed by atoms with Crippen LogP contribution in [0.4, 0.5) is 5.69 Å². The summed E-state index contributed by atoms with van der Waals surface area (Å²) in [5, 5.41) is 23.4. The van der Waals surface area contributed by atoms with E-state index in [0.29, 0.717) is 23.3 Å². The number of hydrogen-bond acceptors (Lipinski definition) is 7. The molecule has 2 aromatic carbocycles. The molecular formula is C26H29N5O7. The van der Waals surface area contributed by atoms with E-state index in [1.165, 1.54) is 6.92 Å². The quantitative estimate of drug-likeness (QED) is 0.248. The zero-order valence-corrected chi connectivity index (χ0v) is 21.1. The Labute approximate surface area is 217 Å². The third-order valence-electron chi connectivity index (χ3n) is 5.89. The maximum atomic E-state index is 12.6. The largest absolute Gasteiger partial charge is 0.480 e. The van der Waals surface area contributed by atoms with Crippen molar-refractivity contribution in [2.75, 3.05) is 11.9 Å². The van der Waals surface area contributed by atoms with Crippen LogP contribution >= 0.6 is 0 Å². The molecule has 0 saturated heterocycles. The summed E-state index contributed by atoms with van der Waals surface area (Å²) in [5.74, 6) is -3.23. The first-order chi connectivity index (χ1) is 17.9.